The molecular formula is C32H32ClF3N2O6. The SMILES string of the molecule is COC(=O)C(C)(C)CCOc1cc(NC(C(=O)n2ccc3cc(OC)c(C(F)(F)F)cc32)c2ccc(Cl)cc2)cc(OC)c1. The van der Waals surface area contributed by atoms with Crippen molar-refractivity contribution in [2.45, 2.75) is 32.5 Å². The number of ether oxygens (including phenoxy) is 4. The Morgan fingerprint density at radius 2 is 1.61 bits per heavy atom. The molecule has 1 aromatic heterocycles. The zero-order chi connectivity index (χ0) is 32.2. The summed E-state index contributed by atoms with van der Waals surface area (Å²) in [6.45, 7) is 3.69. The fourth-order valence-corrected chi connectivity index (χ4v) is 4.78. The van der Waals surface area contributed by atoms with E-state index < -0.39 is 29.1 Å². The predicted octanol–water partition coefficient (Wildman–Crippen LogP) is 7.79. The maximum absolute atomic E-state index is 14.1. The van der Waals surface area contributed by atoms with Crippen molar-refractivity contribution in [3.63, 3.8) is 0 Å². The van der Waals surface area contributed by atoms with Crippen molar-refractivity contribution in [2.75, 3.05) is 33.3 Å². The first-order valence-electron chi connectivity index (χ1n) is 13.5. The molecule has 0 aliphatic rings. The number of hydrogen-bond donors (Lipinski definition) is 1. The summed E-state index contributed by atoms with van der Waals surface area (Å²) in [6.07, 6.45) is -2.91. The Bertz CT molecular complexity index is 1650. The average molecular weight is 633 g/mol. The second kappa shape index (κ2) is 13.1. The Kier molecular flexibility index (Phi) is 9.68. The molecule has 0 fully saturated rings. The van der Waals surface area contributed by atoms with Crippen LogP contribution in [0.2, 0.25) is 5.02 Å². The van der Waals surface area contributed by atoms with Crippen molar-refractivity contribution in [2.24, 2.45) is 5.41 Å². The first kappa shape index (κ1) is 32.5. The molecule has 1 N–H and O–H groups in total. The normalized spacial score (nSPS) is 12.5. The number of aromatic nitrogens is 1. The van der Waals surface area contributed by atoms with Gasteiger partial charge in [0.25, 0.3) is 5.91 Å². The molecule has 8 nitrogen and oxygen atoms in total. The van der Waals surface area contributed by atoms with Crippen LogP contribution in [0.15, 0.2) is 66.9 Å². The summed E-state index contributed by atoms with van der Waals surface area (Å²) in [5.41, 5.74) is -0.756. The van der Waals surface area contributed by atoms with Gasteiger partial charge in [0.15, 0.2) is 0 Å². The van der Waals surface area contributed by atoms with Gasteiger partial charge in [0.05, 0.1) is 44.4 Å². The van der Waals surface area contributed by atoms with Crippen LogP contribution in [0.25, 0.3) is 10.9 Å². The molecular weight excluding hydrogens is 601 g/mol. The van der Waals surface area contributed by atoms with Gasteiger partial charge in [0, 0.05) is 40.5 Å². The number of carbonyl (C=O) groups is 2. The zero-order valence-electron chi connectivity index (χ0n) is 24.8. The number of esters is 1. The predicted molar refractivity (Wildman–Crippen MR) is 161 cm³/mol. The molecule has 0 bridgehead atoms. The second-order valence-electron chi connectivity index (χ2n) is 10.6. The Hall–Kier alpha value is -4.38. The van der Waals surface area contributed by atoms with E-state index in [1.807, 2.05) is 0 Å². The van der Waals surface area contributed by atoms with E-state index in [-0.39, 0.29) is 23.8 Å². The van der Waals surface area contributed by atoms with Crippen LogP contribution in [0.5, 0.6) is 17.2 Å². The third-order valence-electron chi connectivity index (χ3n) is 7.17. The summed E-state index contributed by atoms with van der Waals surface area (Å²) in [6, 6.07) is 14.1. The van der Waals surface area contributed by atoms with Crippen LogP contribution < -0.4 is 19.5 Å². The Balaban J connectivity index is 1.71. The average Bonchev–Trinajstić information content (AvgIpc) is 3.41. The maximum Gasteiger partial charge on any atom is 0.420 e. The summed E-state index contributed by atoms with van der Waals surface area (Å²) in [7, 11) is 3.96. The van der Waals surface area contributed by atoms with Crippen molar-refractivity contribution < 1.29 is 41.7 Å². The molecule has 0 saturated carbocycles. The van der Waals surface area contributed by atoms with Gasteiger partial charge in [0.1, 0.15) is 23.3 Å². The smallest absolute Gasteiger partial charge is 0.420 e. The topological polar surface area (TPSA) is 88.0 Å². The van der Waals surface area contributed by atoms with Crippen LogP contribution in [0.4, 0.5) is 18.9 Å². The molecule has 0 aliphatic carbocycles. The number of halogens is 4. The van der Waals surface area contributed by atoms with Crippen molar-refractivity contribution in [3.05, 3.63) is 83.0 Å². The highest BCUT2D eigenvalue weighted by Gasteiger charge is 2.35. The van der Waals surface area contributed by atoms with E-state index in [1.165, 1.54) is 31.0 Å². The summed E-state index contributed by atoms with van der Waals surface area (Å²) in [5.74, 6) is -0.431. The molecule has 3 aromatic carbocycles. The van der Waals surface area contributed by atoms with Gasteiger partial charge in [-0.1, -0.05) is 23.7 Å². The minimum absolute atomic E-state index is 0.0618. The third kappa shape index (κ3) is 7.21. The van der Waals surface area contributed by atoms with Crippen molar-refractivity contribution in [3.8, 4) is 17.2 Å². The summed E-state index contributed by atoms with van der Waals surface area (Å²) < 4.78 is 63.8. The molecule has 4 aromatic rings. The van der Waals surface area contributed by atoms with Gasteiger partial charge in [-0.25, -0.2) is 0 Å². The van der Waals surface area contributed by atoms with Gasteiger partial charge in [-0.2, -0.15) is 13.2 Å². The molecule has 1 unspecified atom stereocenters. The van der Waals surface area contributed by atoms with Gasteiger partial charge in [0.2, 0.25) is 0 Å². The number of carbonyl (C=O) groups excluding carboxylic acids is 2. The molecule has 0 amide bonds. The zero-order valence-corrected chi connectivity index (χ0v) is 25.5. The molecule has 0 spiro atoms. The van der Waals surface area contributed by atoms with E-state index in [4.69, 9.17) is 30.5 Å². The van der Waals surface area contributed by atoms with Crippen molar-refractivity contribution in [1.82, 2.24) is 4.57 Å². The van der Waals surface area contributed by atoms with Crippen LogP contribution in [-0.4, -0.2) is 44.4 Å². The number of hydrogen-bond acceptors (Lipinski definition) is 7. The standard InChI is InChI=1S/C32H32ClF3N2O6/c1-31(2,30(40)43-5)11-13-44-24-16-22(15-23(17-24)41-3)37-28(19-6-8-21(33)9-7-19)29(39)38-12-10-20-14-27(42-4)25(18-26(20)38)32(34,35)36/h6-10,12,14-18,28,37H,11,13H2,1-5H3. The van der Waals surface area contributed by atoms with Crippen LogP contribution >= 0.6 is 11.6 Å². The monoisotopic (exact) mass is 632 g/mol. The maximum atomic E-state index is 14.1. The Morgan fingerprint density at radius 3 is 2.23 bits per heavy atom. The number of alkyl halides is 3. The summed E-state index contributed by atoms with van der Waals surface area (Å²) in [5, 5.41) is 4.03. The van der Waals surface area contributed by atoms with Crippen LogP contribution in [0, 0.1) is 5.41 Å². The van der Waals surface area contributed by atoms with Gasteiger partial charge < -0.3 is 24.3 Å². The highest BCUT2D eigenvalue weighted by atomic mass is 35.5. The van der Waals surface area contributed by atoms with Gasteiger partial charge in [-0.05, 0) is 56.2 Å². The van der Waals surface area contributed by atoms with E-state index >= 15 is 0 Å². The molecule has 234 valence electrons. The Labute approximate surface area is 257 Å². The lowest BCUT2D eigenvalue weighted by atomic mass is 9.90. The van der Waals surface area contributed by atoms with Gasteiger partial charge in [-0.15, -0.1) is 0 Å². The first-order chi connectivity index (χ1) is 20.8. The lowest BCUT2D eigenvalue weighted by Gasteiger charge is -2.23. The third-order valence-corrected chi connectivity index (χ3v) is 7.42. The molecule has 12 heteroatoms. The number of fused-ring (bicyclic) bond motifs is 1. The van der Waals surface area contributed by atoms with Gasteiger partial charge in [-0.3, -0.25) is 14.2 Å². The fraction of sp³-hybridized carbons (Fsp3) is 0.312. The van der Waals surface area contributed by atoms with E-state index in [0.29, 0.717) is 39.6 Å². The Morgan fingerprint density at radius 1 is 0.932 bits per heavy atom. The molecule has 1 heterocycles. The largest absolute Gasteiger partial charge is 0.497 e. The fourth-order valence-electron chi connectivity index (χ4n) is 4.65. The van der Waals surface area contributed by atoms with E-state index in [1.54, 1.807) is 62.4 Å². The summed E-state index contributed by atoms with van der Waals surface area (Å²) >= 11 is 6.10. The quantitative estimate of drug-likeness (QED) is 0.169. The number of rotatable bonds is 11. The second-order valence-corrected chi connectivity index (χ2v) is 11.1. The van der Waals surface area contributed by atoms with Crippen molar-refractivity contribution in [1.29, 1.82) is 0 Å². The number of benzene rings is 3. The summed E-state index contributed by atoms with van der Waals surface area (Å²) in [4.78, 5) is 26.1. The lowest BCUT2D eigenvalue weighted by molar-refractivity contribution is -0.151. The lowest BCUT2D eigenvalue weighted by Crippen LogP contribution is -2.27. The van der Waals surface area contributed by atoms with E-state index in [9.17, 15) is 22.8 Å². The van der Waals surface area contributed by atoms with Gasteiger partial charge >= 0.3 is 12.1 Å². The van der Waals surface area contributed by atoms with E-state index in [0.717, 1.165) is 13.2 Å². The molecule has 4 rings (SSSR count). The van der Waals surface area contributed by atoms with Crippen LogP contribution in [0.1, 0.15) is 42.2 Å². The number of nitrogens with one attached hydrogen (secondary N) is 1. The molecule has 0 aliphatic heterocycles. The molecule has 0 radical (unpaired) electrons. The highest BCUT2D eigenvalue weighted by Crippen LogP contribution is 2.39. The first-order valence-corrected chi connectivity index (χ1v) is 13.9. The highest BCUT2D eigenvalue weighted by molar-refractivity contribution is 6.30. The van der Waals surface area contributed by atoms with Crippen LogP contribution in [-0.2, 0) is 15.7 Å². The minimum Gasteiger partial charge on any atom is -0.497 e. The minimum atomic E-state index is -4.70. The van der Waals surface area contributed by atoms with Crippen molar-refractivity contribution >= 4 is 40.1 Å². The molecule has 44 heavy (non-hydrogen) atoms. The number of nitrogens with zero attached hydrogens (tertiary/aromatic N) is 1. The molecule has 0 saturated heterocycles. The molecule has 1 atom stereocenters. The number of methoxy groups -OCH3 is 3. The van der Waals surface area contributed by atoms with E-state index in [2.05, 4.69) is 5.32 Å². The number of anilines is 1. The van der Waals surface area contributed by atoms with Crippen LogP contribution in [0.3, 0.4) is 0 Å².